The van der Waals surface area contributed by atoms with Crippen molar-refractivity contribution in [3.05, 3.63) is 29.9 Å². The summed E-state index contributed by atoms with van der Waals surface area (Å²) in [6, 6.07) is 0. The Bertz CT molecular complexity index is 799. The maximum absolute atomic E-state index is 13.3. The van der Waals surface area contributed by atoms with Crippen molar-refractivity contribution >= 4 is 11.8 Å². The molecule has 3 aliphatic rings. The Hall–Kier alpha value is -2.15. The first kappa shape index (κ1) is 19.2. The number of ether oxygens (including phenoxy) is 1. The summed E-state index contributed by atoms with van der Waals surface area (Å²) in [4.78, 5) is 37.6. The molecule has 7 nitrogen and oxygen atoms in total. The van der Waals surface area contributed by atoms with Crippen LogP contribution >= 0.6 is 0 Å². The number of imidazole rings is 1. The van der Waals surface area contributed by atoms with Crippen LogP contribution in [0.4, 0.5) is 0 Å². The van der Waals surface area contributed by atoms with Gasteiger partial charge in [-0.1, -0.05) is 38.8 Å². The first-order valence-electron chi connectivity index (χ1n) is 10.3. The second-order valence-corrected chi connectivity index (χ2v) is 8.51. The van der Waals surface area contributed by atoms with Crippen molar-refractivity contribution in [2.75, 3.05) is 20.1 Å². The topological polar surface area (TPSA) is 78.5 Å². The number of hydrogen-bond donors (Lipinski definition) is 1. The van der Waals surface area contributed by atoms with E-state index in [1.54, 1.807) is 18.1 Å². The van der Waals surface area contributed by atoms with Crippen LogP contribution < -0.4 is 0 Å². The number of hydrogen-bond acceptors (Lipinski definition) is 4. The molecule has 2 fully saturated rings. The maximum atomic E-state index is 13.3. The predicted octanol–water partition coefficient (Wildman–Crippen LogP) is 1.89. The summed E-state index contributed by atoms with van der Waals surface area (Å²) in [5.41, 5.74) is 0.333. The van der Waals surface area contributed by atoms with Crippen molar-refractivity contribution in [3.8, 4) is 0 Å². The third-order valence-corrected chi connectivity index (χ3v) is 6.62. The van der Waals surface area contributed by atoms with Crippen LogP contribution in [0.3, 0.4) is 0 Å². The predicted molar refractivity (Wildman–Crippen MR) is 104 cm³/mol. The van der Waals surface area contributed by atoms with Crippen LogP contribution in [0.15, 0.2) is 18.3 Å². The van der Waals surface area contributed by atoms with Crippen LogP contribution in [-0.2, 0) is 20.9 Å². The zero-order valence-corrected chi connectivity index (χ0v) is 17.1. The average molecular weight is 386 g/mol. The standard InChI is InChI=1S/C21H30N4O3/c1-5-14(6-2)10-25-12-21-8-7-15(28-21)17(18(21)20(25)27)19(26)24(4)11-16-22-9-13(3)23-16/h7-9,14-15,17-18H,5-6,10-12H2,1-4H3,(H,22,23)/t15-,17?,18?,21-/m1/s1. The largest absolute Gasteiger partial charge is 0.360 e. The Balaban J connectivity index is 1.52. The van der Waals surface area contributed by atoms with E-state index in [0.717, 1.165) is 30.9 Å². The number of amides is 2. The van der Waals surface area contributed by atoms with Crippen LogP contribution in [0, 0.1) is 24.7 Å². The molecule has 4 heterocycles. The second kappa shape index (κ2) is 7.03. The number of nitrogens with one attached hydrogen (secondary N) is 1. The summed E-state index contributed by atoms with van der Waals surface area (Å²) >= 11 is 0. The summed E-state index contributed by atoms with van der Waals surface area (Å²) in [6.45, 7) is 7.95. The second-order valence-electron chi connectivity index (χ2n) is 8.51. The van der Waals surface area contributed by atoms with Crippen molar-refractivity contribution in [2.45, 2.75) is 51.9 Å². The van der Waals surface area contributed by atoms with Crippen molar-refractivity contribution in [3.63, 3.8) is 0 Å². The van der Waals surface area contributed by atoms with Gasteiger partial charge in [0.25, 0.3) is 0 Å². The molecule has 4 atom stereocenters. The molecule has 0 aliphatic carbocycles. The molecule has 152 valence electrons. The number of nitrogens with zero attached hydrogens (tertiary/aromatic N) is 3. The van der Waals surface area contributed by atoms with E-state index in [-0.39, 0.29) is 17.9 Å². The molecule has 1 aromatic heterocycles. The van der Waals surface area contributed by atoms with Gasteiger partial charge in [0, 0.05) is 25.5 Å². The molecule has 2 bridgehead atoms. The molecule has 2 saturated heterocycles. The zero-order chi connectivity index (χ0) is 20.1. The lowest BCUT2D eigenvalue weighted by atomic mass is 9.76. The fourth-order valence-electron chi connectivity index (χ4n) is 4.98. The molecule has 4 rings (SSSR count). The van der Waals surface area contributed by atoms with E-state index < -0.39 is 17.4 Å². The quantitative estimate of drug-likeness (QED) is 0.726. The van der Waals surface area contributed by atoms with Gasteiger partial charge < -0.3 is 19.5 Å². The molecule has 0 saturated carbocycles. The molecule has 0 aromatic carbocycles. The zero-order valence-electron chi connectivity index (χ0n) is 17.1. The van der Waals surface area contributed by atoms with E-state index in [9.17, 15) is 9.59 Å². The number of rotatable bonds is 7. The number of fused-ring (bicyclic) bond motifs is 1. The molecule has 1 N–H and O–H groups in total. The highest BCUT2D eigenvalue weighted by Gasteiger charge is 2.67. The van der Waals surface area contributed by atoms with Crippen LogP contribution in [0.1, 0.15) is 38.2 Å². The Morgan fingerprint density at radius 3 is 2.86 bits per heavy atom. The SMILES string of the molecule is CCC(CC)CN1C[C@@]23C=C[C@@H](O2)C(C(=O)N(C)Cc2ncc(C)[nH]2)C3C1=O. The number of likely N-dealkylation sites (tertiary alicyclic amines) is 1. The van der Waals surface area contributed by atoms with E-state index >= 15 is 0 Å². The maximum Gasteiger partial charge on any atom is 0.230 e. The summed E-state index contributed by atoms with van der Waals surface area (Å²) in [6.07, 6.45) is 7.53. The smallest absolute Gasteiger partial charge is 0.230 e. The molecule has 7 heteroatoms. The fraction of sp³-hybridized carbons (Fsp3) is 0.667. The average Bonchev–Trinajstić information content (AvgIpc) is 3.41. The van der Waals surface area contributed by atoms with Gasteiger partial charge in [0.2, 0.25) is 11.8 Å². The van der Waals surface area contributed by atoms with E-state index in [4.69, 9.17) is 4.74 Å². The third-order valence-electron chi connectivity index (χ3n) is 6.62. The minimum Gasteiger partial charge on any atom is -0.360 e. The van der Waals surface area contributed by atoms with Crippen LogP contribution in [0.5, 0.6) is 0 Å². The van der Waals surface area contributed by atoms with Crippen molar-refractivity contribution in [1.82, 2.24) is 19.8 Å². The minimum atomic E-state index is -0.629. The molecule has 1 spiro atoms. The highest BCUT2D eigenvalue weighted by molar-refractivity contribution is 5.93. The lowest BCUT2D eigenvalue weighted by Gasteiger charge is -2.27. The van der Waals surface area contributed by atoms with Gasteiger partial charge in [-0.25, -0.2) is 4.98 Å². The number of carbonyl (C=O) groups is 2. The number of aryl methyl sites for hydroxylation is 1. The van der Waals surface area contributed by atoms with E-state index in [1.165, 1.54) is 0 Å². The third kappa shape index (κ3) is 2.96. The number of H-pyrrole nitrogens is 1. The molecule has 1 aromatic rings. The first-order chi connectivity index (χ1) is 13.4. The van der Waals surface area contributed by atoms with Crippen molar-refractivity contribution in [2.24, 2.45) is 17.8 Å². The summed E-state index contributed by atoms with van der Waals surface area (Å²) in [5.74, 6) is 0.387. The van der Waals surface area contributed by atoms with Crippen molar-refractivity contribution in [1.29, 1.82) is 0 Å². The number of aromatic amines is 1. The van der Waals surface area contributed by atoms with Gasteiger partial charge >= 0.3 is 0 Å². The molecule has 28 heavy (non-hydrogen) atoms. The van der Waals surface area contributed by atoms with E-state index in [2.05, 4.69) is 23.8 Å². The lowest BCUT2D eigenvalue weighted by molar-refractivity contribution is -0.143. The molecule has 0 radical (unpaired) electrons. The molecule has 2 amide bonds. The summed E-state index contributed by atoms with van der Waals surface area (Å²) < 4.78 is 6.23. The molecule has 2 unspecified atom stereocenters. The fourth-order valence-corrected chi connectivity index (χ4v) is 4.98. The highest BCUT2D eigenvalue weighted by atomic mass is 16.5. The van der Waals surface area contributed by atoms with Crippen LogP contribution in [0.25, 0.3) is 0 Å². The molecule has 3 aliphatic heterocycles. The van der Waals surface area contributed by atoms with Crippen LogP contribution in [0.2, 0.25) is 0 Å². The van der Waals surface area contributed by atoms with Crippen molar-refractivity contribution < 1.29 is 14.3 Å². The van der Waals surface area contributed by atoms with Gasteiger partial charge in [-0.2, -0.15) is 0 Å². The number of aromatic nitrogens is 2. The number of carbonyl (C=O) groups excluding carboxylic acids is 2. The van der Waals surface area contributed by atoms with Gasteiger partial charge in [0.05, 0.1) is 31.0 Å². The lowest BCUT2D eigenvalue weighted by Crippen LogP contribution is -2.44. The Morgan fingerprint density at radius 2 is 2.21 bits per heavy atom. The Morgan fingerprint density at radius 1 is 1.46 bits per heavy atom. The first-order valence-corrected chi connectivity index (χ1v) is 10.3. The van der Waals surface area contributed by atoms with Gasteiger partial charge in [0.15, 0.2) is 0 Å². The Kier molecular flexibility index (Phi) is 4.81. The summed E-state index contributed by atoms with van der Waals surface area (Å²) in [7, 11) is 1.77. The molecular weight excluding hydrogens is 356 g/mol. The normalized spacial score (nSPS) is 30.5. The monoisotopic (exact) mass is 386 g/mol. The highest BCUT2D eigenvalue weighted by Crippen LogP contribution is 2.52. The van der Waals surface area contributed by atoms with Gasteiger partial charge in [-0.15, -0.1) is 0 Å². The Labute approximate surface area is 166 Å². The van der Waals surface area contributed by atoms with Gasteiger partial charge in [0.1, 0.15) is 11.4 Å². The minimum absolute atomic E-state index is 0.0481. The van der Waals surface area contributed by atoms with E-state index in [0.29, 0.717) is 19.0 Å². The van der Waals surface area contributed by atoms with Gasteiger partial charge in [-0.05, 0) is 12.8 Å². The molecular formula is C21H30N4O3. The van der Waals surface area contributed by atoms with Gasteiger partial charge in [-0.3, -0.25) is 9.59 Å². The summed E-state index contributed by atoms with van der Waals surface area (Å²) in [5, 5.41) is 0. The van der Waals surface area contributed by atoms with E-state index in [1.807, 2.05) is 24.0 Å². The van der Waals surface area contributed by atoms with Crippen LogP contribution in [-0.4, -0.2) is 63.4 Å².